The van der Waals surface area contributed by atoms with E-state index in [4.69, 9.17) is 9.47 Å². The maximum Gasteiger partial charge on any atom is 0.410 e. The van der Waals surface area contributed by atoms with Gasteiger partial charge in [-0.05, 0) is 47.9 Å². The zero-order valence-electron chi connectivity index (χ0n) is 18.0. The van der Waals surface area contributed by atoms with Gasteiger partial charge in [-0.15, -0.1) is 0 Å². The number of amides is 1. The Balaban J connectivity index is 1.16. The highest BCUT2D eigenvalue weighted by Gasteiger charge is 2.43. The van der Waals surface area contributed by atoms with Crippen LogP contribution >= 0.6 is 0 Å². The minimum Gasteiger partial charge on any atom is -0.448 e. The maximum atomic E-state index is 13.2. The molecule has 4 aliphatic rings. The second kappa shape index (κ2) is 7.23. The summed E-state index contributed by atoms with van der Waals surface area (Å²) in [6, 6.07) is 17.4. The molecule has 1 aliphatic carbocycles. The van der Waals surface area contributed by atoms with Gasteiger partial charge >= 0.3 is 6.09 Å². The van der Waals surface area contributed by atoms with Gasteiger partial charge in [0, 0.05) is 17.4 Å². The highest BCUT2D eigenvalue weighted by atomic mass is 16.6. The zero-order chi connectivity index (χ0) is 21.0. The summed E-state index contributed by atoms with van der Waals surface area (Å²) in [4.78, 5) is 15.2. The molecule has 6 rings (SSSR count). The van der Waals surface area contributed by atoms with E-state index < -0.39 is 0 Å². The van der Waals surface area contributed by atoms with Crippen LogP contribution in [0.2, 0.25) is 0 Å². The summed E-state index contributed by atoms with van der Waals surface area (Å²) in [6.07, 6.45) is 6.39. The molecule has 160 valence electrons. The van der Waals surface area contributed by atoms with Crippen LogP contribution in [0.5, 0.6) is 0 Å². The van der Waals surface area contributed by atoms with E-state index in [0.29, 0.717) is 6.61 Å². The molecule has 0 radical (unpaired) electrons. The van der Waals surface area contributed by atoms with E-state index in [1.807, 2.05) is 4.90 Å². The van der Waals surface area contributed by atoms with Crippen LogP contribution in [0, 0.1) is 5.41 Å². The van der Waals surface area contributed by atoms with E-state index in [1.165, 1.54) is 27.8 Å². The van der Waals surface area contributed by atoms with Gasteiger partial charge in [0.05, 0.1) is 19.3 Å². The molecule has 0 saturated carbocycles. The number of ether oxygens (including phenoxy) is 2. The minimum absolute atomic E-state index is 0.114. The fourth-order valence-electron chi connectivity index (χ4n) is 6.10. The Labute approximate surface area is 183 Å². The lowest BCUT2D eigenvalue weighted by Crippen LogP contribution is -2.45. The minimum atomic E-state index is -0.150. The number of fused-ring (bicyclic) bond motifs is 5. The molecule has 4 heteroatoms. The zero-order valence-corrected chi connectivity index (χ0v) is 18.0. The smallest absolute Gasteiger partial charge is 0.410 e. The van der Waals surface area contributed by atoms with Gasteiger partial charge in [-0.3, -0.25) is 4.90 Å². The first kappa shape index (κ1) is 19.1. The first-order valence-electron chi connectivity index (χ1n) is 11.5. The molecule has 4 nitrogen and oxygen atoms in total. The lowest BCUT2D eigenvalue weighted by atomic mass is 9.79. The summed E-state index contributed by atoms with van der Waals surface area (Å²) in [6.45, 7) is 4.41. The standard InChI is InChI=1S/C27H29NO3/c1-27(16-30-17-27)14-18-12-19-10-11-20(13-18)28(19)26(29)31-15-25-23-8-4-2-6-21(23)22-7-3-5-9-24(22)25/h2-9,12,19-20,25H,10-11,13-17H2,1H3. The molecule has 2 fully saturated rings. The summed E-state index contributed by atoms with van der Waals surface area (Å²) in [5.74, 6) is 0.114. The van der Waals surface area contributed by atoms with Crippen molar-refractivity contribution in [3.63, 3.8) is 0 Å². The van der Waals surface area contributed by atoms with Crippen molar-refractivity contribution in [1.29, 1.82) is 0 Å². The summed E-state index contributed by atoms with van der Waals surface area (Å²) >= 11 is 0. The van der Waals surface area contributed by atoms with E-state index in [2.05, 4.69) is 61.5 Å². The molecule has 31 heavy (non-hydrogen) atoms. The Morgan fingerprint density at radius 2 is 1.74 bits per heavy atom. The Bertz CT molecular complexity index is 1010. The number of hydrogen-bond donors (Lipinski definition) is 0. The van der Waals surface area contributed by atoms with E-state index in [0.717, 1.165) is 38.9 Å². The first-order chi connectivity index (χ1) is 15.1. The van der Waals surface area contributed by atoms with Gasteiger partial charge < -0.3 is 9.47 Å². The lowest BCUT2D eigenvalue weighted by Gasteiger charge is -2.41. The Kier molecular flexibility index (Phi) is 4.46. The molecule has 3 heterocycles. The molecule has 2 unspecified atom stereocenters. The van der Waals surface area contributed by atoms with Gasteiger partial charge in [-0.25, -0.2) is 4.79 Å². The van der Waals surface area contributed by atoms with E-state index in [9.17, 15) is 4.79 Å². The molecule has 2 aromatic carbocycles. The topological polar surface area (TPSA) is 38.8 Å². The van der Waals surface area contributed by atoms with Gasteiger partial charge in [-0.2, -0.15) is 0 Å². The van der Waals surface area contributed by atoms with E-state index in [-0.39, 0.29) is 29.5 Å². The second-order valence-electron chi connectivity index (χ2n) is 10.0. The Morgan fingerprint density at radius 3 is 2.35 bits per heavy atom. The van der Waals surface area contributed by atoms with Crippen LogP contribution in [0.1, 0.15) is 49.7 Å². The molecule has 2 saturated heterocycles. The van der Waals surface area contributed by atoms with Gasteiger partial charge in [0.15, 0.2) is 0 Å². The third-order valence-corrected chi connectivity index (χ3v) is 7.57. The summed E-state index contributed by atoms with van der Waals surface area (Å²) in [5.41, 5.74) is 6.84. The quantitative estimate of drug-likeness (QED) is 0.617. The van der Waals surface area contributed by atoms with Crippen molar-refractivity contribution < 1.29 is 14.3 Å². The summed E-state index contributed by atoms with van der Waals surface area (Å²) in [5, 5.41) is 0. The average Bonchev–Trinajstić information content (AvgIpc) is 3.23. The van der Waals surface area contributed by atoms with Crippen LogP contribution < -0.4 is 0 Å². The van der Waals surface area contributed by atoms with Crippen LogP contribution in [-0.4, -0.2) is 42.9 Å². The van der Waals surface area contributed by atoms with Gasteiger partial charge in [0.1, 0.15) is 6.61 Å². The monoisotopic (exact) mass is 415 g/mol. The van der Waals surface area contributed by atoms with Crippen LogP contribution in [-0.2, 0) is 9.47 Å². The van der Waals surface area contributed by atoms with Crippen LogP contribution in [0.4, 0.5) is 4.79 Å². The number of carbonyl (C=O) groups is 1. The fraction of sp³-hybridized carbons (Fsp3) is 0.444. The van der Waals surface area contributed by atoms with Crippen LogP contribution in [0.15, 0.2) is 60.2 Å². The van der Waals surface area contributed by atoms with Crippen molar-refractivity contribution >= 4 is 6.09 Å². The number of rotatable bonds is 4. The number of hydrogen-bond acceptors (Lipinski definition) is 3. The van der Waals surface area contributed by atoms with Gasteiger partial charge in [0.2, 0.25) is 0 Å². The van der Waals surface area contributed by atoms with Crippen molar-refractivity contribution in [3.05, 3.63) is 71.3 Å². The van der Waals surface area contributed by atoms with Crippen molar-refractivity contribution in [2.24, 2.45) is 5.41 Å². The molecule has 0 spiro atoms. The summed E-state index contributed by atoms with van der Waals surface area (Å²) in [7, 11) is 0. The molecule has 0 N–H and O–H groups in total. The Hall–Kier alpha value is -2.59. The van der Waals surface area contributed by atoms with Crippen molar-refractivity contribution in [2.75, 3.05) is 19.8 Å². The van der Waals surface area contributed by atoms with Crippen LogP contribution in [0.25, 0.3) is 11.1 Å². The highest BCUT2D eigenvalue weighted by molar-refractivity contribution is 5.79. The lowest BCUT2D eigenvalue weighted by molar-refractivity contribution is -0.101. The number of benzene rings is 2. The van der Waals surface area contributed by atoms with E-state index in [1.54, 1.807) is 0 Å². The van der Waals surface area contributed by atoms with Crippen molar-refractivity contribution in [3.8, 4) is 11.1 Å². The maximum absolute atomic E-state index is 13.2. The SMILES string of the molecule is CC1(CC2=CC3CCC(C2)N3C(=O)OCC2c3ccccc3-c3ccccc32)COC1. The highest BCUT2D eigenvalue weighted by Crippen LogP contribution is 2.45. The fourth-order valence-corrected chi connectivity index (χ4v) is 6.10. The van der Waals surface area contributed by atoms with Crippen molar-refractivity contribution in [1.82, 2.24) is 4.90 Å². The largest absolute Gasteiger partial charge is 0.448 e. The first-order valence-corrected chi connectivity index (χ1v) is 11.5. The third kappa shape index (κ3) is 3.20. The molecule has 0 aromatic heterocycles. The van der Waals surface area contributed by atoms with Gasteiger partial charge in [-0.1, -0.05) is 67.1 Å². The molecular weight excluding hydrogens is 386 g/mol. The summed E-state index contributed by atoms with van der Waals surface area (Å²) < 4.78 is 11.4. The second-order valence-corrected chi connectivity index (χ2v) is 10.0. The molecular formula is C27H29NO3. The normalized spacial score (nSPS) is 25.5. The number of carbonyl (C=O) groups excluding carboxylic acids is 1. The molecule has 3 aliphatic heterocycles. The third-order valence-electron chi connectivity index (χ3n) is 7.57. The average molecular weight is 416 g/mol. The predicted octanol–water partition coefficient (Wildman–Crippen LogP) is 5.53. The van der Waals surface area contributed by atoms with Crippen molar-refractivity contribution in [2.45, 2.75) is 50.6 Å². The predicted molar refractivity (Wildman–Crippen MR) is 120 cm³/mol. The van der Waals surface area contributed by atoms with Crippen LogP contribution in [0.3, 0.4) is 0 Å². The molecule has 1 amide bonds. The Morgan fingerprint density at radius 1 is 1.06 bits per heavy atom. The van der Waals surface area contributed by atoms with Gasteiger partial charge in [0.25, 0.3) is 0 Å². The molecule has 2 aromatic rings. The molecule has 2 atom stereocenters. The molecule has 2 bridgehead atoms. The number of nitrogens with zero attached hydrogens (tertiary/aromatic N) is 1. The van der Waals surface area contributed by atoms with E-state index >= 15 is 0 Å².